The summed E-state index contributed by atoms with van der Waals surface area (Å²) in [6, 6.07) is 62.7. The maximum atomic E-state index is 2.85. The molecular weight excluding hydrogens is 1070 g/mol. The molecule has 438 valence electrons. The van der Waals surface area contributed by atoms with Crippen LogP contribution in [0.5, 0.6) is 0 Å². The zero-order valence-corrected chi connectivity index (χ0v) is 56.9. The lowest BCUT2D eigenvalue weighted by atomic mass is 9.34. The summed E-state index contributed by atoms with van der Waals surface area (Å²) in [6.45, 7) is 50.0. The van der Waals surface area contributed by atoms with Gasteiger partial charge in [-0.2, -0.15) is 0 Å². The molecule has 0 saturated heterocycles. The van der Waals surface area contributed by atoms with E-state index >= 15 is 0 Å². The molecule has 11 aromatic rings. The highest BCUT2D eigenvalue weighted by Crippen LogP contribution is 2.49. The van der Waals surface area contributed by atoms with Gasteiger partial charge in [-0.25, -0.2) is 0 Å². The van der Waals surface area contributed by atoms with Crippen LogP contribution in [0.1, 0.15) is 184 Å². The molecule has 15 rings (SSSR count). The monoisotopic (exact) mass is 1150 g/mol. The summed E-state index contributed by atoms with van der Waals surface area (Å²) >= 11 is 0. The molecule has 0 bridgehead atoms. The van der Waals surface area contributed by atoms with Gasteiger partial charge in [-0.1, -0.05) is 236 Å². The molecule has 0 unspecified atom stereocenters. The number of fused-ring (bicyclic) bond motifs is 14. The summed E-state index contributed by atoms with van der Waals surface area (Å²) in [6.07, 6.45) is 0. The lowest BCUT2D eigenvalue weighted by Crippen LogP contribution is -2.77. The van der Waals surface area contributed by atoms with Crippen molar-refractivity contribution in [2.75, 3.05) is 4.90 Å². The average Bonchev–Trinajstić information content (AvgIpc) is 1.52. The van der Waals surface area contributed by atoms with Crippen molar-refractivity contribution in [3.63, 3.8) is 0 Å². The van der Waals surface area contributed by atoms with Crippen LogP contribution in [0, 0.1) is 0 Å². The zero-order valence-electron chi connectivity index (χ0n) is 55.9. The molecule has 2 aromatic heterocycles. The number of rotatable bonds is 3. The molecule has 0 N–H and O–H groups in total. The number of anilines is 3. The second-order valence-corrected chi connectivity index (χ2v) is 37.6. The molecule has 87 heavy (non-hydrogen) atoms. The van der Waals surface area contributed by atoms with E-state index in [1.807, 2.05) is 0 Å². The predicted octanol–water partition coefficient (Wildman–Crippen LogP) is 17.2. The SMILES string of the molecule is CC(C)(C)c1ccc(N(c2ccc(C(C)(C)C)cc2)c2ccc3c4c2c2cc(C(C)(C)C)ccc2n4-c2ccc4c5c2B3c2cc(C(C)(C)C)cc3c6cc(C(C)(C)C)cc(c6n-5c23)[Si]42c3cc(C(C)(C)C)ccc3-c3ccc(C(C)(C)C)cc32)cc1. The second-order valence-electron chi connectivity index (χ2n) is 34.0. The largest absolute Gasteiger partial charge is 0.310 e. The molecule has 1 spiro atoms. The molecular formula is C82H88BN3Si. The van der Waals surface area contributed by atoms with Crippen molar-refractivity contribution in [1.82, 2.24) is 9.13 Å². The molecule has 0 atom stereocenters. The molecule has 0 aliphatic carbocycles. The summed E-state index contributed by atoms with van der Waals surface area (Å²) in [4.78, 5) is 2.57. The van der Waals surface area contributed by atoms with Gasteiger partial charge in [0.05, 0.1) is 22.2 Å². The first-order valence-corrected chi connectivity index (χ1v) is 34.4. The number of aromatic nitrogens is 2. The van der Waals surface area contributed by atoms with Crippen LogP contribution in [0.25, 0.3) is 66.1 Å². The molecule has 6 heterocycles. The smallest absolute Gasteiger partial charge is 0.252 e. The first kappa shape index (κ1) is 56.2. The molecule has 4 aliphatic rings. The van der Waals surface area contributed by atoms with Crippen LogP contribution in [-0.2, 0) is 37.9 Å². The Balaban J connectivity index is 1.14. The van der Waals surface area contributed by atoms with Gasteiger partial charge in [0.2, 0.25) is 0 Å². The highest BCUT2D eigenvalue weighted by atomic mass is 28.3. The Morgan fingerprint density at radius 1 is 0.333 bits per heavy atom. The van der Waals surface area contributed by atoms with Crippen LogP contribution in [0.4, 0.5) is 17.1 Å². The van der Waals surface area contributed by atoms with Gasteiger partial charge in [0.15, 0.2) is 8.07 Å². The lowest BCUT2D eigenvalue weighted by molar-refractivity contribution is 0.590. The van der Waals surface area contributed by atoms with Crippen molar-refractivity contribution < 1.29 is 0 Å². The summed E-state index contributed by atoms with van der Waals surface area (Å²) < 4.78 is 5.58. The van der Waals surface area contributed by atoms with Gasteiger partial charge in [-0.05, 0) is 186 Å². The van der Waals surface area contributed by atoms with E-state index in [4.69, 9.17) is 0 Å². The van der Waals surface area contributed by atoms with Crippen molar-refractivity contribution in [2.24, 2.45) is 0 Å². The Bertz CT molecular complexity index is 4690. The normalized spacial score (nSPS) is 15.0. The third kappa shape index (κ3) is 7.79. The van der Waals surface area contributed by atoms with E-state index in [0.29, 0.717) is 0 Å². The summed E-state index contributed by atoms with van der Waals surface area (Å²) in [5.74, 6) is 0. The van der Waals surface area contributed by atoms with Gasteiger partial charge in [-0.3, -0.25) is 0 Å². The van der Waals surface area contributed by atoms with Gasteiger partial charge in [-0.15, -0.1) is 0 Å². The highest BCUT2D eigenvalue weighted by molar-refractivity contribution is 7.24. The summed E-state index contributed by atoms with van der Waals surface area (Å²) in [5, 5.41) is 11.5. The van der Waals surface area contributed by atoms with Crippen LogP contribution in [0.2, 0.25) is 0 Å². The van der Waals surface area contributed by atoms with E-state index in [0.717, 1.165) is 11.4 Å². The number of nitrogens with zero attached hydrogens (tertiary/aromatic N) is 3. The summed E-state index contributed by atoms with van der Waals surface area (Å²) in [5.41, 5.74) is 27.9. The van der Waals surface area contributed by atoms with Crippen LogP contribution < -0.4 is 42.0 Å². The molecule has 5 heteroatoms. The standard InChI is InChI=1S/C82H88BN3Si/c1-76(2,3)47-22-29-54(30-23-47)84(55-31-24-48(25-32-55)77(4,5)6)64-37-35-61-74-70(64)60-40-49(78(7,8)9)28-36-63(60)85(74)65-38-39-66-75-71(65)83(61)62-43-52(81(16,17)18)41-58-59-42-53(82(19,20)21)46-69(73(59)86(75)72(58)62)87(66)67-44-50(79(10,11)12)26-33-56(67)57-34-27-51(45-68(57)87)80(13,14)15/h22-46H,1-21H3. The van der Waals surface area contributed by atoms with E-state index in [-0.39, 0.29) is 44.6 Å². The Morgan fingerprint density at radius 2 is 0.770 bits per heavy atom. The van der Waals surface area contributed by atoms with Gasteiger partial charge in [0, 0.05) is 49.8 Å². The maximum absolute atomic E-state index is 3.21. The van der Waals surface area contributed by atoms with Crippen LogP contribution in [0.3, 0.4) is 0 Å². The topological polar surface area (TPSA) is 13.1 Å². The van der Waals surface area contributed by atoms with Crippen molar-refractivity contribution in [1.29, 1.82) is 0 Å². The zero-order chi connectivity index (χ0) is 61.7. The average molecular weight is 1150 g/mol. The van der Waals surface area contributed by atoms with E-state index < -0.39 is 8.07 Å². The molecule has 0 saturated carbocycles. The fraction of sp³-hybridized carbons (Fsp3) is 0.341. The highest BCUT2D eigenvalue weighted by Gasteiger charge is 2.57. The van der Waals surface area contributed by atoms with Crippen molar-refractivity contribution in [3.8, 4) is 22.5 Å². The van der Waals surface area contributed by atoms with E-state index in [1.54, 1.807) is 15.6 Å². The van der Waals surface area contributed by atoms with Gasteiger partial charge in [0.1, 0.15) is 0 Å². The minimum absolute atomic E-state index is 0.0161. The third-order valence-electron chi connectivity index (χ3n) is 21.0. The Morgan fingerprint density at radius 3 is 1.28 bits per heavy atom. The maximum Gasteiger partial charge on any atom is 0.252 e. The van der Waals surface area contributed by atoms with Crippen molar-refractivity contribution in [2.45, 2.75) is 183 Å². The first-order chi connectivity index (χ1) is 40.6. The van der Waals surface area contributed by atoms with Crippen molar-refractivity contribution >= 4 is 113 Å². The van der Waals surface area contributed by atoms with Gasteiger partial charge in [0.25, 0.3) is 6.71 Å². The predicted molar refractivity (Wildman–Crippen MR) is 382 cm³/mol. The quantitative estimate of drug-likeness (QED) is 0.161. The van der Waals surface area contributed by atoms with E-state index in [9.17, 15) is 0 Å². The molecule has 0 radical (unpaired) electrons. The molecule has 0 amide bonds. The van der Waals surface area contributed by atoms with E-state index in [2.05, 4.69) is 311 Å². The van der Waals surface area contributed by atoms with Crippen molar-refractivity contribution in [3.05, 3.63) is 191 Å². The third-order valence-corrected chi connectivity index (χ3v) is 25.8. The van der Waals surface area contributed by atoms with Crippen LogP contribution in [0.15, 0.2) is 152 Å². The fourth-order valence-electron chi connectivity index (χ4n) is 15.9. The Kier molecular flexibility index (Phi) is 11.3. The lowest BCUT2D eigenvalue weighted by Gasteiger charge is -2.43. The first-order valence-electron chi connectivity index (χ1n) is 32.4. The Labute approximate surface area is 519 Å². The van der Waals surface area contributed by atoms with E-state index in [1.165, 1.54) is 132 Å². The van der Waals surface area contributed by atoms with Gasteiger partial charge >= 0.3 is 0 Å². The molecule has 9 aromatic carbocycles. The number of hydrogen-bond acceptors (Lipinski definition) is 1. The summed E-state index contributed by atoms with van der Waals surface area (Å²) in [7, 11) is -3.21. The van der Waals surface area contributed by atoms with Crippen LogP contribution >= 0.6 is 0 Å². The fourth-order valence-corrected chi connectivity index (χ4v) is 21.6. The molecule has 3 nitrogen and oxygen atoms in total. The number of hydrogen-bond donors (Lipinski definition) is 0. The van der Waals surface area contributed by atoms with Gasteiger partial charge < -0.3 is 14.0 Å². The Hall–Kier alpha value is -7.34. The van der Waals surface area contributed by atoms with Crippen LogP contribution in [-0.4, -0.2) is 23.9 Å². The minimum atomic E-state index is -3.21. The number of benzene rings is 9. The minimum Gasteiger partial charge on any atom is -0.310 e. The second kappa shape index (κ2) is 17.5. The molecule has 0 fully saturated rings. The molecule has 4 aliphatic heterocycles.